The van der Waals surface area contributed by atoms with E-state index in [1.54, 1.807) is 49.1 Å². The standard InChI is InChI=1S/C4H9NO.C3H8N2O.2C3H9NO2S.C3H7NO.2C3H9N.2C3H8O2S.C3H6O2.2C3H6O.2C3H8.C2H7NO2S.2C2H6O2S.4CH4/c1-4(6)5(2)3;1-4-3(6)5-2;2*1-4(2)7(3,5)6;1-3(5)4-2;2*1-4(2)3;2*1-3-6(2,4)5;1-3(4)5-2;2*1-3(2)4;2*1-3-2;1-3-6(2,4)5;2*1-5(2,3)4;;;;/h1-3H3;1-2H3,(H2,4,5,6);2*1-3H3;1-2H3,(H,4,5);2*1-3H3;2*3H2,1-2H3;1-2H3;2*1-2H3;2*3H2,1-2H3;3H,1-2H3;2*1-2H3;4*1H4. The van der Waals surface area contributed by atoms with Crippen molar-refractivity contribution in [3.05, 3.63) is 0 Å². The molecule has 0 aliphatic rings. The van der Waals surface area contributed by atoms with Crippen LogP contribution >= 0.6 is 0 Å². The minimum absolute atomic E-state index is 0. The molecule has 570 valence electrons. The van der Waals surface area contributed by atoms with Gasteiger partial charge in [-0.25, -0.2) is 77.1 Å². The highest BCUT2D eigenvalue weighted by molar-refractivity contribution is 7.91. The van der Waals surface area contributed by atoms with E-state index in [-0.39, 0.29) is 76.6 Å². The maximum Gasteiger partial charge on any atom is 0.314 e. The quantitative estimate of drug-likeness (QED) is 0.281. The predicted molar refractivity (Wildman–Crippen MR) is 389 cm³/mol. The fraction of sp³-hybridized carbons (Fsp3) is 0.887. The van der Waals surface area contributed by atoms with Crippen LogP contribution in [0.1, 0.15) is 133 Å². The number of amides is 4. The first-order chi connectivity index (χ1) is 37.3. The highest BCUT2D eigenvalue weighted by atomic mass is 32.2. The summed E-state index contributed by atoms with van der Waals surface area (Å²) in [5.74, 6) is 0.671. The molecule has 0 aromatic rings. The second-order valence-corrected chi connectivity index (χ2v) is 34.2. The first-order valence-electron chi connectivity index (χ1n) is 25.1. The van der Waals surface area contributed by atoms with Gasteiger partial charge in [0.25, 0.3) is 0 Å². The minimum atomic E-state index is -2.91. The van der Waals surface area contributed by atoms with Gasteiger partial charge in [0, 0.05) is 133 Å². The molecule has 0 bridgehead atoms. The zero-order valence-electron chi connectivity index (χ0n) is 60.5. The molecule has 0 radical (unpaired) electrons. The molecule has 0 atom stereocenters. The summed E-state index contributed by atoms with van der Waals surface area (Å²) in [6.07, 6.45) is 13.0. The third-order valence-electron chi connectivity index (χ3n) is 4.47. The fourth-order valence-corrected chi connectivity index (χ4v) is 0.125. The van der Waals surface area contributed by atoms with E-state index in [1.165, 1.54) is 121 Å². The number of ether oxygens (including phenoxy) is 1. The van der Waals surface area contributed by atoms with Crippen molar-refractivity contribution in [1.82, 2.24) is 44.0 Å². The number of nitrogens with zero attached hydrogens (tertiary/aromatic N) is 5. The first-order valence-corrected chi connectivity index (χ1v) is 39.4. The average molecular weight is 1470 g/mol. The SMILES string of the molecule is C.C.C.C.CC(=O)N(C)C.CC(C)=O.CC(C)=O.CCC.CCC.CCS(C)(=O)=O.CCS(C)(=O)=O.CN(C)C.CN(C)C.CN(C)S(C)(=O)=O.CN(C)S(C)(=O)=O.CNC(=O)NC.CNC(C)=O.CNS(C)(=O)=O.COC(C)=O.CS(C)(=O)=O.CS(C)(=O)=O. The van der Waals surface area contributed by atoms with E-state index in [2.05, 4.69) is 53.1 Å². The van der Waals surface area contributed by atoms with Gasteiger partial charge in [0.1, 0.15) is 50.9 Å². The van der Waals surface area contributed by atoms with Gasteiger partial charge in [-0.1, -0.05) is 84.1 Å². The van der Waals surface area contributed by atoms with Gasteiger partial charge in [-0.15, -0.1) is 0 Å². The summed E-state index contributed by atoms with van der Waals surface area (Å²) < 4.78 is 148. The average Bonchev–Trinajstić information content (AvgIpc) is 3.25. The summed E-state index contributed by atoms with van der Waals surface area (Å²) in [5, 5.41) is 7.12. The number of rotatable bonds is 5. The van der Waals surface area contributed by atoms with E-state index in [0.717, 1.165) is 52.4 Å². The number of carbonyl (C=O) groups is 6. The molecule has 90 heavy (non-hydrogen) atoms. The summed E-state index contributed by atoms with van der Waals surface area (Å²) in [6.45, 7) is 22.2. The Morgan fingerprint density at radius 1 is 0.378 bits per heavy atom. The molecule has 0 rings (SSSR count). The highest BCUT2D eigenvalue weighted by Crippen LogP contribution is 1.84. The zero-order chi connectivity index (χ0) is 75.2. The van der Waals surface area contributed by atoms with Crippen LogP contribution in [0.4, 0.5) is 4.79 Å². The van der Waals surface area contributed by atoms with E-state index in [4.69, 9.17) is 0 Å². The summed E-state index contributed by atoms with van der Waals surface area (Å²) >= 11 is 0. The molecule has 0 spiro atoms. The molecule has 30 nitrogen and oxygen atoms in total. The molecule has 4 amide bonds. The van der Waals surface area contributed by atoms with Crippen LogP contribution < -0.4 is 20.7 Å². The molecule has 0 saturated heterocycles. The molecular formula is C53H145N9O21S7. The third-order valence-corrected chi connectivity index (χ3v) is 9.96. The van der Waals surface area contributed by atoms with Gasteiger partial charge < -0.3 is 45.0 Å². The zero-order valence-corrected chi connectivity index (χ0v) is 66.2. The van der Waals surface area contributed by atoms with Crippen molar-refractivity contribution >= 4 is 105 Å². The van der Waals surface area contributed by atoms with Crippen LogP contribution in [0.25, 0.3) is 0 Å². The van der Waals surface area contributed by atoms with Gasteiger partial charge in [-0.3, -0.25) is 14.4 Å². The second kappa shape index (κ2) is 94.2. The monoisotopic (exact) mass is 1470 g/mol. The lowest BCUT2D eigenvalue weighted by molar-refractivity contribution is -0.138. The molecule has 0 aliphatic heterocycles. The maximum atomic E-state index is 10.3. The second-order valence-electron chi connectivity index (χ2n) is 18.4. The molecule has 0 aliphatic carbocycles. The van der Waals surface area contributed by atoms with Crippen LogP contribution in [0.5, 0.6) is 0 Å². The molecular weight excluding hydrogens is 1320 g/mol. The topological polar surface area (TPSA) is 415 Å². The number of carbonyl (C=O) groups excluding carboxylic acids is 6. The van der Waals surface area contributed by atoms with Crippen LogP contribution in [0.15, 0.2) is 0 Å². The number of Topliss-reactive ketones (excluding diaryl/α,β-unsaturated/α-hetero) is 2. The normalized spacial score (nSPS) is 9.10. The Kier molecular flexibility index (Phi) is 154. The number of ketones is 2. The first kappa shape index (κ1) is 147. The minimum Gasteiger partial charge on any atom is -0.469 e. The predicted octanol–water partition coefficient (Wildman–Crippen LogP) is 4.10. The molecule has 0 aromatic heterocycles. The van der Waals surface area contributed by atoms with E-state index in [0.29, 0.717) is 0 Å². The van der Waals surface area contributed by atoms with Gasteiger partial charge >= 0.3 is 12.0 Å². The Morgan fingerprint density at radius 2 is 0.467 bits per heavy atom. The lowest BCUT2D eigenvalue weighted by Gasteiger charge is -2.02. The number of sulfone groups is 4. The Balaban J connectivity index is -0.0000000296. The number of sulfonamides is 3. The number of methoxy groups -OCH3 is 1. The fourth-order valence-electron chi connectivity index (χ4n) is 0.125. The Labute approximate surface area is 558 Å². The molecule has 4 N–H and O–H groups in total. The lowest BCUT2D eigenvalue weighted by atomic mass is 10.6. The van der Waals surface area contributed by atoms with Crippen molar-refractivity contribution in [3.63, 3.8) is 0 Å². The molecule has 37 heteroatoms. The van der Waals surface area contributed by atoms with Crippen LogP contribution in [-0.4, -0.2) is 305 Å². The largest absolute Gasteiger partial charge is 0.469 e. The van der Waals surface area contributed by atoms with Crippen LogP contribution in [0, 0.1) is 0 Å². The molecule has 0 aromatic carbocycles. The van der Waals surface area contributed by atoms with Gasteiger partial charge in [0.05, 0.1) is 25.9 Å². The van der Waals surface area contributed by atoms with Crippen molar-refractivity contribution in [2.75, 3.05) is 188 Å². The summed E-state index contributed by atoms with van der Waals surface area (Å²) in [6, 6.07) is -0.157. The third kappa shape index (κ3) is 678. The van der Waals surface area contributed by atoms with E-state index < -0.39 is 69.4 Å². The summed E-state index contributed by atoms with van der Waals surface area (Å²) in [4.78, 5) is 63.7. The molecule has 0 fully saturated rings. The van der Waals surface area contributed by atoms with Crippen LogP contribution in [-0.2, 0) is 98.1 Å². The smallest absolute Gasteiger partial charge is 0.314 e. The number of urea groups is 1. The number of hydrogen-bond donors (Lipinski definition) is 4. The van der Waals surface area contributed by atoms with Gasteiger partial charge in [-0.05, 0) is 77.0 Å². The van der Waals surface area contributed by atoms with Crippen molar-refractivity contribution in [2.24, 2.45) is 0 Å². The Bertz CT molecular complexity index is 2140. The van der Waals surface area contributed by atoms with E-state index in [1.807, 2.05) is 52.1 Å². The van der Waals surface area contributed by atoms with Gasteiger partial charge in [0.15, 0.2) is 0 Å². The number of hydrogen-bond acceptors (Lipinski definition) is 23. The van der Waals surface area contributed by atoms with E-state index in [9.17, 15) is 87.7 Å². The molecule has 0 unspecified atom stereocenters. The van der Waals surface area contributed by atoms with E-state index >= 15 is 0 Å². The Hall–Kier alpha value is -3.53. The lowest BCUT2D eigenvalue weighted by Crippen LogP contribution is -2.28. The van der Waals surface area contributed by atoms with Crippen LogP contribution in [0.3, 0.4) is 0 Å². The molecule has 0 saturated carbocycles. The van der Waals surface area contributed by atoms with Crippen molar-refractivity contribution < 1.29 is 92.4 Å². The van der Waals surface area contributed by atoms with Crippen molar-refractivity contribution in [1.29, 1.82) is 0 Å². The Morgan fingerprint density at radius 3 is 0.467 bits per heavy atom. The number of nitrogens with one attached hydrogen (secondary N) is 4. The number of esters is 1. The van der Waals surface area contributed by atoms with Crippen molar-refractivity contribution in [3.8, 4) is 0 Å². The summed E-state index contributed by atoms with van der Waals surface area (Å²) in [7, 11) is 9.50. The molecule has 0 heterocycles. The highest BCUT2D eigenvalue weighted by Gasteiger charge is 2.01. The van der Waals surface area contributed by atoms with Gasteiger partial charge in [-0.2, -0.15) is 0 Å². The summed E-state index contributed by atoms with van der Waals surface area (Å²) in [5.41, 5.74) is 0. The van der Waals surface area contributed by atoms with Gasteiger partial charge in [0.2, 0.25) is 41.9 Å². The van der Waals surface area contributed by atoms with Crippen LogP contribution in [0.2, 0.25) is 0 Å². The maximum absolute atomic E-state index is 10.3. The van der Waals surface area contributed by atoms with Crippen molar-refractivity contribution in [2.45, 2.75) is 133 Å².